The molecule has 1 unspecified atom stereocenters. The summed E-state index contributed by atoms with van der Waals surface area (Å²) in [5, 5.41) is 7.05. The van der Waals surface area contributed by atoms with Crippen LogP contribution < -0.4 is 5.32 Å². The predicted octanol–water partition coefficient (Wildman–Crippen LogP) is 3.50. The maximum absolute atomic E-state index is 13.1. The summed E-state index contributed by atoms with van der Waals surface area (Å²) in [5.41, 5.74) is 0.336. The molecule has 0 radical (unpaired) electrons. The second-order valence-corrected chi connectivity index (χ2v) is 6.09. The summed E-state index contributed by atoms with van der Waals surface area (Å²) in [5.74, 6) is -0.0979. The molecule has 2 aromatic rings. The molecule has 0 spiro atoms. The molecule has 0 saturated carbocycles. The number of rotatable bonds is 4. The molecule has 6 heteroatoms. The highest BCUT2D eigenvalue weighted by atomic mass is 19.1. The highest BCUT2D eigenvalue weighted by molar-refractivity contribution is 5.17. The number of halogens is 2. The lowest BCUT2D eigenvalue weighted by molar-refractivity contribution is 0.330. The molecular weight excluding hydrogens is 276 g/mol. The first-order chi connectivity index (χ1) is 9.75. The topological polar surface area (TPSA) is 51.0 Å². The van der Waals surface area contributed by atoms with Crippen molar-refractivity contribution in [1.82, 2.24) is 15.5 Å². The van der Waals surface area contributed by atoms with Crippen molar-refractivity contribution in [2.45, 2.75) is 45.7 Å². The smallest absolute Gasteiger partial charge is 0.243 e. The minimum Gasteiger partial charge on any atom is -0.338 e. The monoisotopic (exact) mass is 295 g/mol. The fourth-order valence-electron chi connectivity index (χ4n) is 1.79. The fraction of sp³-hybridized carbons (Fsp3) is 0.467. The molecule has 0 saturated heterocycles. The Bertz CT molecular complexity index is 599. The van der Waals surface area contributed by atoms with E-state index in [4.69, 9.17) is 4.52 Å². The maximum Gasteiger partial charge on any atom is 0.243 e. The van der Waals surface area contributed by atoms with E-state index in [1.807, 2.05) is 27.7 Å². The normalized spacial score (nSPS) is 13.4. The number of aromatic nitrogens is 2. The Morgan fingerprint density at radius 2 is 1.81 bits per heavy atom. The lowest BCUT2D eigenvalue weighted by Crippen LogP contribution is -2.19. The molecule has 1 atom stereocenters. The van der Waals surface area contributed by atoms with Crippen LogP contribution in [0.15, 0.2) is 22.7 Å². The Morgan fingerprint density at radius 3 is 2.33 bits per heavy atom. The summed E-state index contributed by atoms with van der Waals surface area (Å²) >= 11 is 0. The molecule has 21 heavy (non-hydrogen) atoms. The second kappa shape index (κ2) is 5.89. The van der Waals surface area contributed by atoms with Crippen LogP contribution in [0.4, 0.5) is 8.78 Å². The molecule has 4 nitrogen and oxygen atoms in total. The van der Waals surface area contributed by atoms with Crippen molar-refractivity contribution >= 4 is 0 Å². The van der Waals surface area contributed by atoms with Crippen molar-refractivity contribution in [3.63, 3.8) is 0 Å². The van der Waals surface area contributed by atoms with E-state index < -0.39 is 11.6 Å². The van der Waals surface area contributed by atoms with Gasteiger partial charge < -0.3 is 9.84 Å². The molecule has 0 bridgehead atoms. The van der Waals surface area contributed by atoms with Gasteiger partial charge in [-0.05, 0) is 24.6 Å². The third-order valence-corrected chi connectivity index (χ3v) is 3.02. The molecule has 2 rings (SSSR count). The first-order valence-electron chi connectivity index (χ1n) is 6.78. The molecule has 0 aliphatic carbocycles. The average molecular weight is 295 g/mol. The molecule has 1 N–H and O–H groups in total. The largest absolute Gasteiger partial charge is 0.338 e. The van der Waals surface area contributed by atoms with Gasteiger partial charge in [0.1, 0.15) is 11.6 Å². The average Bonchev–Trinajstić information content (AvgIpc) is 2.84. The van der Waals surface area contributed by atoms with Gasteiger partial charge in [0, 0.05) is 18.0 Å². The van der Waals surface area contributed by atoms with Gasteiger partial charge >= 0.3 is 0 Å². The first kappa shape index (κ1) is 15.6. The number of benzene rings is 1. The highest BCUT2D eigenvalue weighted by Crippen LogP contribution is 2.21. The van der Waals surface area contributed by atoms with Crippen LogP contribution in [-0.2, 0) is 12.0 Å². The minimum atomic E-state index is -0.590. The van der Waals surface area contributed by atoms with Crippen LogP contribution in [0.2, 0.25) is 0 Å². The number of nitrogens with one attached hydrogen (secondary N) is 1. The maximum atomic E-state index is 13.1. The van der Waals surface area contributed by atoms with E-state index in [2.05, 4.69) is 15.5 Å². The number of nitrogens with zero attached hydrogens (tertiary/aromatic N) is 2. The summed E-state index contributed by atoms with van der Waals surface area (Å²) in [6.07, 6.45) is 0. The lowest BCUT2D eigenvalue weighted by Gasteiger charge is -2.12. The Kier molecular flexibility index (Phi) is 4.37. The van der Waals surface area contributed by atoms with Gasteiger partial charge in [0.05, 0.1) is 6.04 Å². The summed E-state index contributed by atoms with van der Waals surface area (Å²) in [6.45, 7) is 8.15. The van der Waals surface area contributed by atoms with Crippen molar-refractivity contribution in [3.05, 3.63) is 47.1 Å². The van der Waals surface area contributed by atoms with Crippen LogP contribution >= 0.6 is 0 Å². The lowest BCUT2D eigenvalue weighted by atomic mass is 9.96. The van der Waals surface area contributed by atoms with Crippen molar-refractivity contribution < 1.29 is 13.3 Å². The quantitative estimate of drug-likeness (QED) is 0.938. The number of hydrogen-bond acceptors (Lipinski definition) is 4. The van der Waals surface area contributed by atoms with E-state index in [-0.39, 0.29) is 11.5 Å². The highest BCUT2D eigenvalue weighted by Gasteiger charge is 2.22. The van der Waals surface area contributed by atoms with E-state index in [0.29, 0.717) is 23.8 Å². The van der Waals surface area contributed by atoms with E-state index in [1.54, 1.807) is 0 Å². The Hall–Kier alpha value is -1.82. The van der Waals surface area contributed by atoms with Crippen LogP contribution in [0, 0.1) is 11.6 Å². The summed E-state index contributed by atoms with van der Waals surface area (Å²) in [7, 11) is 0. The molecule has 1 aromatic carbocycles. The van der Waals surface area contributed by atoms with Crippen molar-refractivity contribution in [2.75, 3.05) is 0 Å². The van der Waals surface area contributed by atoms with Gasteiger partial charge in [0.25, 0.3) is 0 Å². The van der Waals surface area contributed by atoms with Crippen molar-refractivity contribution in [3.8, 4) is 0 Å². The molecular formula is C15H19F2N3O. The molecule has 0 aliphatic rings. The predicted molar refractivity (Wildman–Crippen MR) is 74.6 cm³/mol. The zero-order valence-corrected chi connectivity index (χ0v) is 12.6. The van der Waals surface area contributed by atoms with Gasteiger partial charge in [0.2, 0.25) is 5.89 Å². The summed E-state index contributed by atoms with van der Waals surface area (Å²) in [6, 6.07) is 3.22. The zero-order chi connectivity index (χ0) is 15.6. The summed E-state index contributed by atoms with van der Waals surface area (Å²) < 4.78 is 31.4. The van der Waals surface area contributed by atoms with E-state index in [9.17, 15) is 8.78 Å². The molecule has 1 heterocycles. The van der Waals surface area contributed by atoms with E-state index >= 15 is 0 Å². The Labute approximate surface area is 122 Å². The summed E-state index contributed by atoms with van der Waals surface area (Å²) in [4.78, 5) is 4.34. The molecule has 0 amide bonds. The second-order valence-electron chi connectivity index (χ2n) is 6.09. The Morgan fingerprint density at radius 1 is 1.19 bits per heavy atom. The third kappa shape index (κ3) is 4.07. The van der Waals surface area contributed by atoms with Gasteiger partial charge in [0.15, 0.2) is 5.82 Å². The molecule has 114 valence electrons. The van der Waals surface area contributed by atoms with Gasteiger partial charge in [-0.15, -0.1) is 0 Å². The van der Waals surface area contributed by atoms with E-state index in [1.165, 1.54) is 12.1 Å². The first-order valence-corrected chi connectivity index (χ1v) is 6.78. The van der Waals surface area contributed by atoms with Crippen LogP contribution in [-0.4, -0.2) is 10.1 Å². The van der Waals surface area contributed by atoms with Crippen LogP contribution in [0.5, 0.6) is 0 Å². The number of hydrogen-bond donors (Lipinski definition) is 1. The molecule has 0 aliphatic heterocycles. The van der Waals surface area contributed by atoms with Gasteiger partial charge in [-0.25, -0.2) is 8.78 Å². The zero-order valence-electron chi connectivity index (χ0n) is 12.6. The fourth-order valence-corrected chi connectivity index (χ4v) is 1.79. The Balaban J connectivity index is 2.01. The SMILES string of the molecule is CC(NCc1cc(F)cc(F)c1)c1nc(C(C)(C)C)no1. The molecule has 0 fully saturated rings. The minimum absolute atomic E-state index is 0.187. The standard InChI is InChI=1S/C15H19F2N3O/c1-9(13-19-14(20-21-13)15(2,3)4)18-8-10-5-11(16)7-12(17)6-10/h5-7,9,18H,8H2,1-4H3. The van der Waals surface area contributed by atoms with Crippen LogP contribution in [0.1, 0.15) is 51.0 Å². The van der Waals surface area contributed by atoms with Crippen LogP contribution in [0.3, 0.4) is 0 Å². The third-order valence-electron chi connectivity index (χ3n) is 3.02. The molecule has 1 aromatic heterocycles. The van der Waals surface area contributed by atoms with Crippen LogP contribution in [0.25, 0.3) is 0 Å². The van der Waals surface area contributed by atoms with Crippen molar-refractivity contribution in [1.29, 1.82) is 0 Å². The van der Waals surface area contributed by atoms with Gasteiger partial charge in [-0.1, -0.05) is 25.9 Å². The van der Waals surface area contributed by atoms with Crippen molar-refractivity contribution in [2.24, 2.45) is 0 Å². The van der Waals surface area contributed by atoms with Gasteiger partial charge in [-0.2, -0.15) is 4.98 Å². The van der Waals surface area contributed by atoms with Gasteiger partial charge in [-0.3, -0.25) is 0 Å². The van der Waals surface area contributed by atoms with E-state index in [0.717, 1.165) is 6.07 Å².